The smallest absolute Gasteiger partial charge is 0.238 e. The first-order chi connectivity index (χ1) is 13.5. The highest BCUT2D eigenvalue weighted by molar-refractivity contribution is 5.93. The second-order valence-electron chi connectivity index (χ2n) is 6.11. The molecule has 2 aromatic carbocycles. The molecule has 0 heterocycles. The average molecular weight is 388 g/mol. The van der Waals surface area contributed by atoms with E-state index in [0.717, 1.165) is 12.1 Å². The Morgan fingerprint density at radius 2 is 1.61 bits per heavy atom. The normalized spacial score (nSPS) is 10.5. The van der Waals surface area contributed by atoms with Gasteiger partial charge in [0.1, 0.15) is 11.5 Å². The molecule has 0 unspecified atom stereocenters. The third kappa shape index (κ3) is 5.53. The number of hydrogen-bond donors (Lipinski definition) is 1. The van der Waals surface area contributed by atoms with Crippen molar-refractivity contribution in [1.82, 2.24) is 4.90 Å². The van der Waals surface area contributed by atoms with Crippen LogP contribution < -0.4 is 24.3 Å². The standard InChI is InChI=1S/C21H28N2O5/c1-6-23(13-15-7-10-18(26-3)20(11-15)28-5)14-21(24)22-17-9-8-16(25-2)12-19(17)27-4/h7-12H,6,13-14H2,1-5H3,(H,22,24). The first-order valence-corrected chi connectivity index (χ1v) is 8.99. The maximum atomic E-state index is 12.5. The number of nitrogens with one attached hydrogen (secondary N) is 1. The van der Waals surface area contributed by atoms with Crippen molar-refractivity contribution in [2.75, 3.05) is 46.8 Å². The van der Waals surface area contributed by atoms with Crippen molar-refractivity contribution in [2.45, 2.75) is 13.5 Å². The molecular weight excluding hydrogens is 360 g/mol. The summed E-state index contributed by atoms with van der Waals surface area (Å²) in [6.07, 6.45) is 0. The van der Waals surface area contributed by atoms with Gasteiger partial charge in [0.2, 0.25) is 5.91 Å². The fourth-order valence-corrected chi connectivity index (χ4v) is 2.81. The van der Waals surface area contributed by atoms with E-state index in [-0.39, 0.29) is 12.5 Å². The molecule has 0 aliphatic carbocycles. The van der Waals surface area contributed by atoms with Crippen molar-refractivity contribution in [3.63, 3.8) is 0 Å². The zero-order chi connectivity index (χ0) is 20.5. The molecule has 0 aliphatic heterocycles. The van der Waals surface area contributed by atoms with Crippen LogP contribution in [0.5, 0.6) is 23.0 Å². The van der Waals surface area contributed by atoms with E-state index in [1.54, 1.807) is 46.6 Å². The van der Waals surface area contributed by atoms with Gasteiger partial charge in [0.05, 0.1) is 40.7 Å². The molecule has 0 fully saturated rings. The van der Waals surface area contributed by atoms with Crippen LogP contribution in [0.3, 0.4) is 0 Å². The number of hydrogen-bond acceptors (Lipinski definition) is 6. The zero-order valence-electron chi connectivity index (χ0n) is 17.1. The Labute approximate surface area is 166 Å². The van der Waals surface area contributed by atoms with Gasteiger partial charge in [-0.15, -0.1) is 0 Å². The number of likely N-dealkylation sites (N-methyl/N-ethyl adjacent to an activating group) is 1. The van der Waals surface area contributed by atoms with Crippen molar-refractivity contribution < 1.29 is 23.7 Å². The van der Waals surface area contributed by atoms with Crippen molar-refractivity contribution in [1.29, 1.82) is 0 Å². The summed E-state index contributed by atoms with van der Waals surface area (Å²) < 4.78 is 21.1. The van der Waals surface area contributed by atoms with Gasteiger partial charge in [-0.05, 0) is 36.4 Å². The van der Waals surface area contributed by atoms with Crippen LogP contribution in [0.1, 0.15) is 12.5 Å². The van der Waals surface area contributed by atoms with Gasteiger partial charge in [-0.25, -0.2) is 0 Å². The largest absolute Gasteiger partial charge is 0.497 e. The maximum absolute atomic E-state index is 12.5. The maximum Gasteiger partial charge on any atom is 0.238 e. The van der Waals surface area contributed by atoms with Crippen LogP contribution in [0.4, 0.5) is 5.69 Å². The minimum absolute atomic E-state index is 0.120. The van der Waals surface area contributed by atoms with Crippen molar-refractivity contribution in [3.05, 3.63) is 42.0 Å². The third-order valence-electron chi connectivity index (χ3n) is 4.35. The molecule has 1 amide bonds. The van der Waals surface area contributed by atoms with Crippen LogP contribution >= 0.6 is 0 Å². The lowest BCUT2D eigenvalue weighted by atomic mass is 10.2. The molecule has 0 saturated heterocycles. The highest BCUT2D eigenvalue weighted by Gasteiger charge is 2.14. The first-order valence-electron chi connectivity index (χ1n) is 8.99. The molecule has 0 aliphatic rings. The van der Waals surface area contributed by atoms with E-state index in [1.165, 1.54) is 0 Å². The monoisotopic (exact) mass is 388 g/mol. The topological polar surface area (TPSA) is 69.3 Å². The van der Waals surface area contributed by atoms with E-state index in [2.05, 4.69) is 5.32 Å². The van der Waals surface area contributed by atoms with E-state index in [4.69, 9.17) is 18.9 Å². The molecule has 7 heteroatoms. The first kappa shape index (κ1) is 21.4. The molecule has 0 saturated carbocycles. The van der Waals surface area contributed by atoms with Gasteiger partial charge < -0.3 is 24.3 Å². The average Bonchev–Trinajstić information content (AvgIpc) is 2.73. The summed E-state index contributed by atoms with van der Waals surface area (Å²) in [4.78, 5) is 14.6. The lowest BCUT2D eigenvalue weighted by molar-refractivity contribution is -0.117. The summed E-state index contributed by atoms with van der Waals surface area (Å²) >= 11 is 0. The van der Waals surface area contributed by atoms with Crippen LogP contribution in [0, 0.1) is 0 Å². The van der Waals surface area contributed by atoms with Gasteiger partial charge in [-0.3, -0.25) is 9.69 Å². The SMILES string of the molecule is CCN(CC(=O)Nc1ccc(OC)cc1OC)Cc1ccc(OC)c(OC)c1. The summed E-state index contributed by atoms with van der Waals surface area (Å²) in [5.74, 6) is 2.45. The van der Waals surface area contributed by atoms with E-state index in [9.17, 15) is 4.79 Å². The molecule has 0 aromatic heterocycles. The Kier molecular flexibility index (Phi) is 7.95. The molecule has 28 heavy (non-hydrogen) atoms. The summed E-state index contributed by atoms with van der Waals surface area (Å²) in [5, 5.41) is 2.90. The molecule has 0 radical (unpaired) electrons. The van der Waals surface area contributed by atoms with Crippen LogP contribution in [0.15, 0.2) is 36.4 Å². The predicted molar refractivity (Wildman–Crippen MR) is 109 cm³/mol. The highest BCUT2D eigenvalue weighted by Crippen LogP contribution is 2.29. The number of benzene rings is 2. The Bertz CT molecular complexity index is 794. The van der Waals surface area contributed by atoms with Gasteiger partial charge >= 0.3 is 0 Å². The number of carbonyl (C=O) groups excluding carboxylic acids is 1. The predicted octanol–water partition coefficient (Wildman–Crippen LogP) is 3.18. The van der Waals surface area contributed by atoms with Crippen molar-refractivity contribution >= 4 is 11.6 Å². The number of methoxy groups -OCH3 is 4. The number of carbonyl (C=O) groups is 1. The molecule has 7 nitrogen and oxygen atoms in total. The Morgan fingerprint density at radius 3 is 2.21 bits per heavy atom. The van der Waals surface area contributed by atoms with E-state index in [0.29, 0.717) is 35.2 Å². The molecule has 2 aromatic rings. The minimum Gasteiger partial charge on any atom is -0.497 e. The van der Waals surface area contributed by atoms with Gasteiger partial charge in [-0.2, -0.15) is 0 Å². The molecular formula is C21H28N2O5. The summed E-state index contributed by atoms with van der Waals surface area (Å²) in [5.41, 5.74) is 1.64. The lowest BCUT2D eigenvalue weighted by Crippen LogP contribution is -2.32. The summed E-state index contributed by atoms with van der Waals surface area (Å²) in [6.45, 7) is 3.60. The molecule has 0 atom stereocenters. The van der Waals surface area contributed by atoms with Crippen LogP contribution in [-0.2, 0) is 11.3 Å². The van der Waals surface area contributed by atoms with Gasteiger partial charge in [0, 0.05) is 12.6 Å². The third-order valence-corrected chi connectivity index (χ3v) is 4.35. The molecule has 152 valence electrons. The number of amides is 1. The summed E-state index contributed by atoms with van der Waals surface area (Å²) in [7, 11) is 6.35. The summed E-state index contributed by atoms with van der Waals surface area (Å²) in [6, 6.07) is 11.0. The number of ether oxygens (including phenoxy) is 4. The zero-order valence-corrected chi connectivity index (χ0v) is 17.1. The molecule has 1 N–H and O–H groups in total. The van der Waals surface area contributed by atoms with Crippen LogP contribution in [0.25, 0.3) is 0 Å². The minimum atomic E-state index is -0.120. The number of rotatable bonds is 10. The Balaban J connectivity index is 2.03. The Hall–Kier alpha value is -2.93. The molecule has 0 bridgehead atoms. The quantitative estimate of drug-likeness (QED) is 0.674. The van der Waals surface area contributed by atoms with E-state index >= 15 is 0 Å². The second kappa shape index (κ2) is 10.4. The molecule has 0 spiro atoms. The Morgan fingerprint density at radius 1 is 0.893 bits per heavy atom. The fourth-order valence-electron chi connectivity index (χ4n) is 2.81. The van der Waals surface area contributed by atoms with Gasteiger partial charge in [0.15, 0.2) is 11.5 Å². The van der Waals surface area contributed by atoms with Gasteiger partial charge in [-0.1, -0.05) is 13.0 Å². The van der Waals surface area contributed by atoms with Crippen molar-refractivity contribution in [2.24, 2.45) is 0 Å². The fraction of sp³-hybridized carbons (Fsp3) is 0.381. The number of anilines is 1. The van der Waals surface area contributed by atoms with E-state index in [1.807, 2.05) is 30.0 Å². The lowest BCUT2D eigenvalue weighted by Gasteiger charge is -2.21. The number of nitrogens with zero attached hydrogens (tertiary/aromatic N) is 1. The van der Waals surface area contributed by atoms with Crippen LogP contribution in [-0.4, -0.2) is 52.3 Å². The van der Waals surface area contributed by atoms with E-state index < -0.39 is 0 Å². The second-order valence-corrected chi connectivity index (χ2v) is 6.11. The van der Waals surface area contributed by atoms with Gasteiger partial charge in [0.25, 0.3) is 0 Å². The van der Waals surface area contributed by atoms with Crippen LogP contribution in [0.2, 0.25) is 0 Å². The van der Waals surface area contributed by atoms with Crippen molar-refractivity contribution in [3.8, 4) is 23.0 Å². The highest BCUT2D eigenvalue weighted by atomic mass is 16.5. The molecule has 2 rings (SSSR count).